The maximum atomic E-state index is 12.1. The van der Waals surface area contributed by atoms with Gasteiger partial charge < -0.3 is 5.11 Å². The minimum absolute atomic E-state index is 0.0546. The first-order valence-electron chi connectivity index (χ1n) is 7.38. The van der Waals surface area contributed by atoms with Crippen LogP contribution in [-0.2, 0) is 4.79 Å². The monoisotopic (exact) mass is 351 g/mol. The van der Waals surface area contributed by atoms with Gasteiger partial charge in [0.05, 0.1) is 10.5 Å². The molecule has 0 bridgehead atoms. The molecule has 0 aromatic heterocycles. The number of phenolic OH excluding ortho intramolecular Hbond substituents is 1. The molecule has 25 heavy (non-hydrogen) atoms. The maximum absolute atomic E-state index is 12.1. The van der Waals surface area contributed by atoms with Crippen molar-refractivity contribution >= 4 is 40.8 Å². The van der Waals surface area contributed by atoms with Crippen LogP contribution in [0.1, 0.15) is 21.5 Å². The molecule has 2 N–H and O–H groups in total. The van der Waals surface area contributed by atoms with Crippen LogP contribution < -0.4 is 5.32 Å². The number of carbonyl (C=O) groups is 3. The van der Waals surface area contributed by atoms with E-state index in [-0.39, 0.29) is 22.3 Å². The van der Waals surface area contributed by atoms with Crippen molar-refractivity contribution in [3.63, 3.8) is 0 Å². The minimum Gasteiger partial charge on any atom is -0.507 e. The van der Waals surface area contributed by atoms with Gasteiger partial charge >= 0.3 is 0 Å². The third-order valence-corrected chi connectivity index (χ3v) is 4.28. The summed E-state index contributed by atoms with van der Waals surface area (Å²) in [6.45, 7) is 0. The molecule has 124 valence electrons. The van der Waals surface area contributed by atoms with Crippen LogP contribution in [0.25, 0.3) is 12.2 Å². The number of hydrogen-bond acceptors (Lipinski definition) is 5. The van der Waals surface area contributed by atoms with Gasteiger partial charge in [-0.3, -0.25) is 19.7 Å². The van der Waals surface area contributed by atoms with Gasteiger partial charge in [-0.2, -0.15) is 0 Å². The molecule has 1 fully saturated rings. The van der Waals surface area contributed by atoms with Crippen LogP contribution in [-0.4, -0.2) is 22.0 Å². The molecule has 0 aliphatic carbocycles. The zero-order valence-electron chi connectivity index (χ0n) is 12.9. The molecule has 2 aromatic carbocycles. The van der Waals surface area contributed by atoms with Crippen molar-refractivity contribution in [1.29, 1.82) is 0 Å². The lowest BCUT2D eigenvalue weighted by Gasteiger charge is -2.00. The third-order valence-electron chi connectivity index (χ3n) is 3.47. The smallest absolute Gasteiger partial charge is 0.290 e. The van der Waals surface area contributed by atoms with E-state index in [2.05, 4.69) is 5.32 Å². The summed E-state index contributed by atoms with van der Waals surface area (Å²) in [5.74, 6) is -0.741. The number of hydrogen-bond donors (Lipinski definition) is 2. The summed E-state index contributed by atoms with van der Waals surface area (Å²) >= 11 is 0.865. The number of carbonyl (C=O) groups excluding carboxylic acids is 3. The topological polar surface area (TPSA) is 83.5 Å². The Hall–Kier alpha value is -3.12. The number of thioether (sulfide) groups is 1. The van der Waals surface area contributed by atoms with Crippen molar-refractivity contribution in [2.24, 2.45) is 0 Å². The van der Waals surface area contributed by atoms with Crippen LogP contribution in [0.15, 0.2) is 59.5 Å². The average molecular weight is 351 g/mol. The fourth-order valence-electron chi connectivity index (χ4n) is 2.22. The lowest BCUT2D eigenvalue weighted by Crippen LogP contribution is -2.17. The third kappa shape index (κ3) is 4.05. The predicted molar refractivity (Wildman–Crippen MR) is 97.0 cm³/mol. The molecule has 1 aliphatic rings. The average Bonchev–Trinajstić information content (AvgIpc) is 2.91. The van der Waals surface area contributed by atoms with Gasteiger partial charge in [0, 0.05) is 0 Å². The number of amides is 2. The van der Waals surface area contributed by atoms with Crippen LogP contribution in [0.4, 0.5) is 4.79 Å². The lowest BCUT2D eigenvalue weighted by atomic mass is 10.1. The summed E-state index contributed by atoms with van der Waals surface area (Å²) in [7, 11) is 0. The van der Waals surface area contributed by atoms with Gasteiger partial charge in [0.25, 0.3) is 11.1 Å². The molecule has 0 atom stereocenters. The highest BCUT2D eigenvalue weighted by Crippen LogP contribution is 2.25. The Labute approximate surface area is 148 Å². The quantitative estimate of drug-likeness (QED) is 0.649. The number of phenols is 1. The fourth-order valence-corrected chi connectivity index (χ4v) is 2.90. The molecule has 2 amide bonds. The van der Waals surface area contributed by atoms with Gasteiger partial charge in [0.15, 0.2) is 5.78 Å². The number of imide groups is 1. The Morgan fingerprint density at radius 2 is 1.68 bits per heavy atom. The molecule has 1 aliphatic heterocycles. The van der Waals surface area contributed by atoms with E-state index in [0.29, 0.717) is 4.91 Å². The van der Waals surface area contributed by atoms with Gasteiger partial charge in [-0.05, 0) is 47.2 Å². The minimum atomic E-state index is -0.396. The summed E-state index contributed by atoms with van der Waals surface area (Å²) in [6.07, 6.45) is 4.67. The van der Waals surface area contributed by atoms with E-state index < -0.39 is 5.91 Å². The van der Waals surface area contributed by atoms with Crippen LogP contribution in [0, 0.1) is 0 Å². The molecule has 1 heterocycles. The number of rotatable bonds is 4. The van der Waals surface area contributed by atoms with E-state index in [1.807, 2.05) is 0 Å². The van der Waals surface area contributed by atoms with Gasteiger partial charge in [-0.1, -0.05) is 42.5 Å². The first-order chi connectivity index (χ1) is 12.0. The van der Waals surface area contributed by atoms with Crippen molar-refractivity contribution in [1.82, 2.24) is 5.32 Å². The molecule has 1 saturated heterocycles. The number of ketones is 1. The lowest BCUT2D eigenvalue weighted by molar-refractivity contribution is -0.115. The molecule has 3 rings (SSSR count). The summed E-state index contributed by atoms with van der Waals surface area (Å²) < 4.78 is 0. The Morgan fingerprint density at radius 3 is 2.32 bits per heavy atom. The van der Waals surface area contributed by atoms with E-state index >= 15 is 0 Å². The molecule has 0 radical (unpaired) electrons. The number of benzene rings is 2. The standard InChI is InChI=1S/C19H13NO4S/c21-15-4-2-1-3-14(15)16(22)10-9-12-5-7-13(8-6-12)11-17-18(23)20-19(24)25-17/h1-11,21H,(H,20,23,24)/b10-9+,17-11?. The first-order valence-corrected chi connectivity index (χ1v) is 8.20. The van der Waals surface area contributed by atoms with Crippen LogP contribution in [0.5, 0.6) is 5.75 Å². The second-order valence-corrected chi connectivity index (χ2v) is 6.25. The van der Waals surface area contributed by atoms with Crippen LogP contribution in [0.3, 0.4) is 0 Å². The Balaban J connectivity index is 1.72. The molecule has 5 nitrogen and oxygen atoms in total. The largest absolute Gasteiger partial charge is 0.507 e. The van der Waals surface area contributed by atoms with Gasteiger partial charge in [0.2, 0.25) is 0 Å². The second kappa shape index (κ2) is 7.19. The molecule has 0 unspecified atom stereocenters. The van der Waals surface area contributed by atoms with Crippen molar-refractivity contribution in [3.05, 3.63) is 76.2 Å². The van der Waals surface area contributed by atoms with E-state index in [4.69, 9.17) is 0 Å². The fraction of sp³-hybridized carbons (Fsp3) is 0. The van der Waals surface area contributed by atoms with E-state index in [1.54, 1.807) is 54.6 Å². The maximum Gasteiger partial charge on any atom is 0.290 e. The van der Waals surface area contributed by atoms with Gasteiger partial charge in [0.1, 0.15) is 5.75 Å². The van der Waals surface area contributed by atoms with Gasteiger partial charge in [-0.15, -0.1) is 0 Å². The van der Waals surface area contributed by atoms with Crippen molar-refractivity contribution in [3.8, 4) is 5.75 Å². The van der Waals surface area contributed by atoms with Crippen molar-refractivity contribution < 1.29 is 19.5 Å². The second-order valence-electron chi connectivity index (χ2n) is 5.23. The van der Waals surface area contributed by atoms with Crippen LogP contribution >= 0.6 is 11.8 Å². The number of nitrogens with one attached hydrogen (secondary N) is 1. The molecular weight excluding hydrogens is 338 g/mol. The van der Waals surface area contributed by atoms with Crippen molar-refractivity contribution in [2.75, 3.05) is 0 Å². The molecule has 0 saturated carbocycles. The van der Waals surface area contributed by atoms with E-state index in [1.165, 1.54) is 12.1 Å². The van der Waals surface area contributed by atoms with E-state index in [9.17, 15) is 19.5 Å². The molecule has 6 heteroatoms. The first kappa shape index (κ1) is 16.7. The highest BCUT2D eigenvalue weighted by Gasteiger charge is 2.24. The Kier molecular flexibility index (Phi) is 4.81. The highest BCUT2D eigenvalue weighted by atomic mass is 32.2. The number of aromatic hydroxyl groups is 1. The summed E-state index contributed by atoms with van der Waals surface area (Å²) in [5.41, 5.74) is 1.82. The molecule has 0 spiro atoms. The number of allylic oxidation sites excluding steroid dienone is 1. The zero-order chi connectivity index (χ0) is 17.8. The zero-order valence-corrected chi connectivity index (χ0v) is 13.7. The summed E-state index contributed by atoms with van der Waals surface area (Å²) in [6, 6.07) is 13.5. The van der Waals surface area contributed by atoms with E-state index in [0.717, 1.165) is 22.9 Å². The SMILES string of the molecule is O=C1NC(=O)C(=Cc2ccc(/C=C/C(=O)c3ccccc3O)cc2)S1. The van der Waals surface area contributed by atoms with Crippen molar-refractivity contribution in [2.45, 2.75) is 0 Å². The molecule has 2 aromatic rings. The highest BCUT2D eigenvalue weighted by molar-refractivity contribution is 8.18. The molecular formula is C19H13NO4S. The predicted octanol–water partition coefficient (Wildman–Crippen LogP) is 3.61. The summed E-state index contributed by atoms with van der Waals surface area (Å²) in [4.78, 5) is 35.1. The Morgan fingerprint density at radius 1 is 1.00 bits per heavy atom. The Bertz CT molecular complexity index is 913. The van der Waals surface area contributed by atoms with Gasteiger partial charge in [-0.25, -0.2) is 0 Å². The van der Waals surface area contributed by atoms with Crippen LogP contribution in [0.2, 0.25) is 0 Å². The normalized spacial score (nSPS) is 15.8. The summed E-state index contributed by atoms with van der Waals surface area (Å²) in [5, 5.41) is 11.5. The number of para-hydroxylation sites is 1.